The molecule has 0 spiro atoms. The van der Waals surface area contributed by atoms with E-state index >= 15 is 0 Å². The number of aromatic nitrogens is 1. The quantitative estimate of drug-likeness (QED) is 0.533. The van der Waals surface area contributed by atoms with E-state index in [1.807, 2.05) is 25.3 Å². The fourth-order valence-corrected chi connectivity index (χ4v) is 3.51. The largest absolute Gasteiger partial charge is 0.416 e. The van der Waals surface area contributed by atoms with E-state index in [1.165, 1.54) is 0 Å². The Kier molecular flexibility index (Phi) is 7.68. The molecular weight excluding hydrogens is 391 g/mol. The van der Waals surface area contributed by atoms with E-state index in [1.54, 1.807) is 18.3 Å². The van der Waals surface area contributed by atoms with Crippen molar-refractivity contribution in [2.75, 3.05) is 26.2 Å². The summed E-state index contributed by atoms with van der Waals surface area (Å²) in [7, 11) is 0. The maximum absolute atomic E-state index is 12.7. The highest BCUT2D eigenvalue weighted by atomic mass is 19.4. The molecule has 2 N–H and O–H groups in total. The molecule has 1 aromatic carbocycles. The second-order valence-electron chi connectivity index (χ2n) is 7.43. The minimum atomic E-state index is -4.29. The van der Waals surface area contributed by atoms with E-state index < -0.39 is 11.7 Å². The fourth-order valence-electron chi connectivity index (χ4n) is 3.51. The van der Waals surface area contributed by atoms with Crippen LogP contribution in [0.15, 0.2) is 53.8 Å². The number of hydrogen-bond acceptors (Lipinski definition) is 3. The van der Waals surface area contributed by atoms with Crippen LogP contribution in [0.5, 0.6) is 0 Å². The van der Waals surface area contributed by atoms with Gasteiger partial charge >= 0.3 is 6.18 Å². The Morgan fingerprint density at radius 3 is 2.67 bits per heavy atom. The van der Waals surface area contributed by atoms with Crippen LogP contribution in [0.3, 0.4) is 0 Å². The number of aliphatic imine (C=N–C) groups is 1. The summed E-state index contributed by atoms with van der Waals surface area (Å²) < 4.78 is 38.1. The molecule has 2 heterocycles. The van der Waals surface area contributed by atoms with Gasteiger partial charge in [-0.1, -0.05) is 18.2 Å². The molecule has 0 amide bonds. The maximum atomic E-state index is 12.7. The van der Waals surface area contributed by atoms with E-state index in [-0.39, 0.29) is 6.04 Å². The minimum Gasteiger partial charge on any atom is -0.357 e. The van der Waals surface area contributed by atoms with Crippen LogP contribution in [-0.4, -0.2) is 48.1 Å². The number of benzene rings is 1. The molecule has 0 saturated carbocycles. The summed E-state index contributed by atoms with van der Waals surface area (Å²) in [6.07, 6.45) is 1.11. The first-order valence-corrected chi connectivity index (χ1v) is 10.3. The number of alkyl halides is 3. The van der Waals surface area contributed by atoms with Crippen molar-refractivity contribution in [3.8, 4) is 0 Å². The van der Waals surface area contributed by atoms with E-state index in [9.17, 15) is 13.2 Å². The van der Waals surface area contributed by atoms with E-state index in [0.29, 0.717) is 13.1 Å². The highest BCUT2D eigenvalue weighted by Crippen LogP contribution is 2.29. The number of halogens is 3. The second kappa shape index (κ2) is 10.4. The molecule has 0 bridgehead atoms. The van der Waals surface area contributed by atoms with Gasteiger partial charge in [0, 0.05) is 51.2 Å². The summed E-state index contributed by atoms with van der Waals surface area (Å²) >= 11 is 0. The van der Waals surface area contributed by atoms with Gasteiger partial charge in [0.15, 0.2) is 5.96 Å². The molecule has 1 aliphatic heterocycles. The van der Waals surface area contributed by atoms with Crippen molar-refractivity contribution in [2.24, 2.45) is 4.99 Å². The van der Waals surface area contributed by atoms with Crippen LogP contribution >= 0.6 is 0 Å². The second-order valence-corrected chi connectivity index (χ2v) is 7.43. The van der Waals surface area contributed by atoms with E-state index in [2.05, 4.69) is 25.5 Å². The standard InChI is InChI=1S/C22H28F3N5/c1-2-27-21(28-12-9-17-4-3-11-26-14-17)29-20-10-13-30(16-20)15-18-5-7-19(8-6-18)22(23,24)25/h3-8,11,14,20H,2,9-10,12-13,15-16H2,1H3,(H2,27,28,29). The summed E-state index contributed by atoms with van der Waals surface area (Å²) in [5, 5.41) is 6.76. The molecule has 1 aromatic heterocycles. The summed E-state index contributed by atoms with van der Waals surface area (Å²) in [5.41, 5.74) is 1.44. The molecule has 2 aromatic rings. The third-order valence-corrected chi connectivity index (χ3v) is 5.04. The summed E-state index contributed by atoms with van der Waals surface area (Å²) in [4.78, 5) is 11.0. The molecule has 8 heteroatoms. The Morgan fingerprint density at radius 2 is 2.00 bits per heavy atom. The Hall–Kier alpha value is -2.61. The zero-order valence-corrected chi connectivity index (χ0v) is 17.1. The van der Waals surface area contributed by atoms with Gasteiger partial charge < -0.3 is 10.6 Å². The van der Waals surface area contributed by atoms with Gasteiger partial charge in [-0.2, -0.15) is 13.2 Å². The SMILES string of the molecule is CCNC(=NCCc1cccnc1)NC1CCN(Cc2ccc(C(F)(F)F)cc2)C1. The topological polar surface area (TPSA) is 52.6 Å². The van der Waals surface area contributed by atoms with Crippen molar-refractivity contribution in [3.63, 3.8) is 0 Å². The van der Waals surface area contributed by atoms with Crippen molar-refractivity contribution < 1.29 is 13.2 Å². The van der Waals surface area contributed by atoms with E-state index in [0.717, 1.165) is 61.7 Å². The van der Waals surface area contributed by atoms with Gasteiger partial charge in [-0.3, -0.25) is 14.9 Å². The van der Waals surface area contributed by atoms with Gasteiger partial charge in [0.2, 0.25) is 0 Å². The van der Waals surface area contributed by atoms with Gasteiger partial charge in [-0.05, 0) is 49.1 Å². The lowest BCUT2D eigenvalue weighted by atomic mass is 10.1. The summed E-state index contributed by atoms with van der Waals surface area (Å²) in [5.74, 6) is 0.794. The number of guanidine groups is 1. The third-order valence-electron chi connectivity index (χ3n) is 5.04. The molecule has 3 rings (SSSR count). The first-order chi connectivity index (χ1) is 14.4. The molecule has 5 nitrogen and oxygen atoms in total. The zero-order valence-electron chi connectivity index (χ0n) is 17.1. The molecule has 30 heavy (non-hydrogen) atoms. The van der Waals surface area contributed by atoms with Crippen molar-refractivity contribution in [1.29, 1.82) is 0 Å². The van der Waals surface area contributed by atoms with Crippen molar-refractivity contribution in [2.45, 2.75) is 38.5 Å². The molecule has 1 fully saturated rings. The van der Waals surface area contributed by atoms with Crippen molar-refractivity contribution in [1.82, 2.24) is 20.5 Å². The predicted octanol–water partition coefficient (Wildman–Crippen LogP) is 3.47. The Bertz CT molecular complexity index is 806. The number of nitrogens with zero attached hydrogens (tertiary/aromatic N) is 3. The van der Waals surface area contributed by atoms with Crippen LogP contribution in [0.2, 0.25) is 0 Å². The Morgan fingerprint density at radius 1 is 1.20 bits per heavy atom. The first kappa shape index (κ1) is 22.1. The Balaban J connectivity index is 1.48. The lowest BCUT2D eigenvalue weighted by Crippen LogP contribution is -2.44. The lowest BCUT2D eigenvalue weighted by Gasteiger charge is -2.19. The third kappa shape index (κ3) is 6.73. The number of nitrogens with one attached hydrogen (secondary N) is 2. The highest BCUT2D eigenvalue weighted by Gasteiger charge is 2.30. The first-order valence-electron chi connectivity index (χ1n) is 10.3. The number of pyridine rings is 1. The van der Waals surface area contributed by atoms with Crippen LogP contribution in [0, 0.1) is 0 Å². The number of hydrogen-bond donors (Lipinski definition) is 2. The van der Waals surface area contributed by atoms with Crippen LogP contribution in [-0.2, 0) is 19.1 Å². The minimum absolute atomic E-state index is 0.260. The molecule has 1 atom stereocenters. The molecule has 0 aliphatic carbocycles. The Labute approximate surface area is 175 Å². The van der Waals surface area contributed by atoms with Crippen LogP contribution in [0.4, 0.5) is 13.2 Å². The smallest absolute Gasteiger partial charge is 0.357 e. The van der Waals surface area contributed by atoms with Gasteiger partial charge in [0.05, 0.1) is 5.56 Å². The fraction of sp³-hybridized carbons (Fsp3) is 0.455. The monoisotopic (exact) mass is 419 g/mol. The summed E-state index contributed by atoms with van der Waals surface area (Å²) in [6, 6.07) is 9.65. The van der Waals surface area contributed by atoms with Gasteiger partial charge in [0.25, 0.3) is 0 Å². The number of rotatable bonds is 7. The molecular formula is C22H28F3N5. The molecule has 0 radical (unpaired) electrons. The molecule has 162 valence electrons. The van der Waals surface area contributed by atoms with Crippen molar-refractivity contribution in [3.05, 3.63) is 65.5 Å². The van der Waals surface area contributed by atoms with Crippen LogP contribution < -0.4 is 10.6 Å². The molecule has 1 saturated heterocycles. The zero-order chi connectivity index (χ0) is 21.4. The average Bonchev–Trinajstić information content (AvgIpc) is 3.15. The van der Waals surface area contributed by atoms with Gasteiger partial charge in [0.1, 0.15) is 0 Å². The van der Waals surface area contributed by atoms with Crippen LogP contribution in [0.25, 0.3) is 0 Å². The van der Waals surface area contributed by atoms with Crippen LogP contribution in [0.1, 0.15) is 30.0 Å². The predicted molar refractivity (Wildman–Crippen MR) is 112 cm³/mol. The van der Waals surface area contributed by atoms with Gasteiger partial charge in [-0.25, -0.2) is 0 Å². The highest BCUT2D eigenvalue weighted by molar-refractivity contribution is 5.80. The molecule has 1 unspecified atom stereocenters. The van der Waals surface area contributed by atoms with Gasteiger partial charge in [-0.15, -0.1) is 0 Å². The molecule has 1 aliphatic rings. The normalized spacial score (nSPS) is 17.9. The van der Waals surface area contributed by atoms with Crippen molar-refractivity contribution >= 4 is 5.96 Å². The van der Waals surface area contributed by atoms with E-state index in [4.69, 9.17) is 0 Å². The summed E-state index contributed by atoms with van der Waals surface area (Å²) in [6.45, 7) is 5.85. The maximum Gasteiger partial charge on any atom is 0.416 e. The average molecular weight is 419 g/mol. The lowest BCUT2D eigenvalue weighted by molar-refractivity contribution is -0.137. The number of likely N-dealkylation sites (tertiary alicyclic amines) is 1.